The predicted octanol–water partition coefficient (Wildman–Crippen LogP) is 4.06. The van der Waals surface area contributed by atoms with E-state index in [9.17, 15) is 0 Å². The van der Waals surface area contributed by atoms with E-state index >= 15 is 0 Å². The Balaban J connectivity index is 1.94. The Hall–Kier alpha value is -0.740. The Morgan fingerprint density at radius 2 is 2.15 bits per heavy atom. The van der Waals surface area contributed by atoms with Crippen molar-refractivity contribution in [2.75, 3.05) is 12.1 Å². The highest BCUT2D eigenvalue weighted by Crippen LogP contribution is 2.36. The number of aromatic nitrogens is 3. The van der Waals surface area contributed by atoms with Gasteiger partial charge in [0.05, 0.1) is 11.7 Å². The van der Waals surface area contributed by atoms with E-state index in [1.807, 2.05) is 24.2 Å². The summed E-state index contributed by atoms with van der Waals surface area (Å²) in [6.07, 6.45) is 11.9. The fraction of sp³-hybridized carbons (Fsp3) is 0.600. The number of hydrogen-bond acceptors (Lipinski definition) is 3. The molecule has 2 aromatic rings. The van der Waals surface area contributed by atoms with Gasteiger partial charge in [0.2, 0.25) is 0 Å². The quantitative estimate of drug-likeness (QED) is 0.798. The molecule has 5 heteroatoms. The van der Waals surface area contributed by atoms with E-state index in [0.29, 0.717) is 11.9 Å². The van der Waals surface area contributed by atoms with Crippen LogP contribution in [0.15, 0.2) is 18.5 Å². The van der Waals surface area contributed by atoms with Gasteiger partial charge in [0.25, 0.3) is 0 Å². The van der Waals surface area contributed by atoms with Crippen molar-refractivity contribution in [2.45, 2.75) is 43.4 Å². The van der Waals surface area contributed by atoms with Crippen LogP contribution in [0.25, 0.3) is 11.0 Å². The van der Waals surface area contributed by atoms with Crippen LogP contribution < -0.4 is 0 Å². The van der Waals surface area contributed by atoms with E-state index < -0.39 is 0 Å². The van der Waals surface area contributed by atoms with Crippen LogP contribution in [-0.2, 0) is 6.42 Å². The van der Waals surface area contributed by atoms with Crippen molar-refractivity contribution in [1.29, 1.82) is 0 Å². The number of aryl methyl sites for hydroxylation is 1. The van der Waals surface area contributed by atoms with Crippen LogP contribution in [0.3, 0.4) is 0 Å². The summed E-state index contributed by atoms with van der Waals surface area (Å²) in [7, 11) is 0. The van der Waals surface area contributed by atoms with Crippen LogP contribution in [0, 0.1) is 0 Å². The van der Waals surface area contributed by atoms with E-state index in [-0.39, 0.29) is 0 Å². The normalized spacial score (nSPS) is 23.3. The minimum absolute atomic E-state index is 0.573. The van der Waals surface area contributed by atoms with Gasteiger partial charge >= 0.3 is 0 Å². The van der Waals surface area contributed by atoms with Gasteiger partial charge in [0.15, 0.2) is 0 Å². The van der Waals surface area contributed by atoms with E-state index in [1.165, 1.54) is 31.2 Å². The molecule has 0 N–H and O–H groups in total. The Bertz CT molecular complexity index is 576. The molecule has 108 valence electrons. The van der Waals surface area contributed by atoms with Crippen LogP contribution >= 0.6 is 23.4 Å². The van der Waals surface area contributed by atoms with Gasteiger partial charge in [-0.15, -0.1) is 11.6 Å². The molecule has 3 nitrogen and oxygen atoms in total. The summed E-state index contributed by atoms with van der Waals surface area (Å²) in [5, 5.41) is 0.833. The Morgan fingerprint density at radius 1 is 1.35 bits per heavy atom. The molecular formula is C15H20ClN3S. The van der Waals surface area contributed by atoms with Crippen LogP contribution in [0.2, 0.25) is 0 Å². The molecule has 2 aromatic heterocycles. The van der Waals surface area contributed by atoms with E-state index in [0.717, 1.165) is 23.0 Å². The summed E-state index contributed by atoms with van der Waals surface area (Å²) in [5.41, 5.74) is 2.22. The zero-order valence-corrected chi connectivity index (χ0v) is 13.3. The van der Waals surface area contributed by atoms with E-state index in [1.54, 1.807) is 0 Å². The maximum absolute atomic E-state index is 5.95. The summed E-state index contributed by atoms with van der Waals surface area (Å²) >= 11 is 7.95. The molecule has 3 rings (SSSR count). The number of nitrogens with zero attached hydrogens (tertiary/aromatic N) is 3. The SMILES string of the molecule is CSC1CCC(n2c(CCCl)nc3cnccc32)CC1. The largest absolute Gasteiger partial charge is 0.325 e. The molecule has 0 saturated heterocycles. The number of imidazole rings is 1. The smallest absolute Gasteiger partial charge is 0.111 e. The fourth-order valence-corrected chi connectivity index (χ4v) is 4.12. The zero-order valence-electron chi connectivity index (χ0n) is 11.8. The number of rotatable bonds is 4. The lowest BCUT2D eigenvalue weighted by molar-refractivity contribution is 0.359. The number of alkyl halides is 1. The van der Waals surface area contributed by atoms with Crippen LogP contribution in [0.5, 0.6) is 0 Å². The topological polar surface area (TPSA) is 30.7 Å². The van der Waals surface area contributed by atoms with E-state index in [4.69, 9.17) is 16.6 Å². The number of hydrogen-bond donors (Lipinski definition) is 0. The van der Waals surface area contributed by atoms with Gasteiger partial charge in [0.1, 0.15) is 11.3 Å². The molecule has 0 atom stereocenters. The van der Waals surface area contributed by atoms with Crippen molar-refractivity contribution in [3.63, 3.8) is 0 Å². The molecule has 20 heavy (non-hydrogen) atoms. The highest BCUT2D eigenvalue weighted by molar-refractivity contribution is 7.99. The molecule has 0 spiro atoms. The van der Waals surface area contributed by atoms with Crippen molar-refractivity contribution in [3.8, 4) is 0 Å². The Kier molecular flexibility index (Phi) is 4.51. The third-order valence-corrected chi connectivity index (χ3v) is 5.55. The highest BCUT2D eigenvalue weighted by Gasteiger charge is 2.25. The monoisotopic (exact) mass is 309 g/mol. The van der Waals surface area contributed by atoms with Gasteiger partial charge in [-0.05, 0) is 38.0 Å². The molecule has 2 heterocycles. The number of fused-ring (bicyclic) bond motifs is 1. The second-order valence-corrected chi connectivity index (χ2v) is 6.88. The van der Waals surface area contributed by atoms with Crippen molar-refractivity contribution >= 4 is 34.4 Å². The lowest BCUT2D eigenvalue weighted by atomic mass is 9.94. The second-order valence-electron chi connectivity index (χ2n) is 5.37. The first-order valence-corrected chi connectivity index (χ1v) is 9.05. The molecule has 1 aliphatic carbocycles. The molecule has 1 fully saturated rings. The average Bonchev–Trinajstić information content (AvgIpc) is 2.86. The zero-order chi connectivity index (χ0) is 13.9. The average molecular weight is 310 g/mol. The van der Waals surface area contributed by atoms with Gasteiger partial charge in [-0.2, -0.15) is 11.8 Å². The molecule has 1 saturated carbocycles. The number of pyridine rings is 1. The maximum Gasteiger partial charge on any atom is 0.111 e. The fourth-order valence-electron chi connectivity index (χ4n) is 3.21. The van der Waals surface area contributed by atoms with Crippen LogP contribution in [-0.4, -0.2) is 31.9 Å². The molecule has 0 unspecified atom stereocenters. The van der Waals surface area contributed by atoms with Crippen molar-refractivity contribution in [2.24, 2.45) is 0 Å². The first-order valence-electron chi connectivity index (χ1n) is 7.23. The first-order chi connectivity index (χ1) is 9.83. The summed E-state index contributed by atoms with van der Waals surface area (Å²) in [6.45, 7) is 0. The van der Waals surface area contributed by atoms with Crippen molar-refractivity contribution in [3.05, 3.63) is 24.3 Å². The van der Waals surface area contributed by atoms with Crippen molar-refractivity contribution in [1.82, 2.24) is 14.5 Å². The van der Waals surface area contributed by atoms with Gasteiger partial charge in [-0.1, -0.05) is 0 Å². The minimum atomic E-state index is 0.573. The second kappa shape index (κ2) is 6.35. The molecule has 0 radical (unpaired) electrons. The summed E-state index contributed by atoms with van der Waals surface area (Å²) in [5.74, 6) is 1.74. The number of thioether (sulfide) groups is 1. The molecule has 0 aliphatic heterocycles. The summed E-state index contributed by atoms with van der Waals surface area (Å²) in [4.78, 5) is 8.91. The molecule has 0 aromatic carbocycles. The van der Waals surface area contributed by atoms with Gasteiger partial charge in [-0.3, -0.25) is 4.98 Å². The summed E-state index contributed by atoms with van der Waals surface area (Å²) < 4.78 is 2.43. The highest BCUT2D eigenvalue weighted by atomic mass is 35.5. The lowest BCUT2D eigenvalue weighted by Gasteiger charge is -2.29. The van der Waals surface area contributed by atoms with Crippen molar-refractivity contribution < 1.29 is 0 Å². The Morgan fingerprint density at radius 3 is 2.85 bits per heavy atom. The molecular weight excluding hydrogens is 290 g/mol. The van der Waals surface area contributed by atoms with Crippen LogP contribution in [0.4, 0.5) is 0 Å². The third-order valence-electron chi connectivity index (χ3n) is 4.23. The van der Waals surface area contributed by atoms with E-state index in [2.05, 4.69) is 21.9 Å². The standard InChI is InChI=1S/C15H20ClN3S/c1-20-12-4-2-11(3-5-12)19-14-7-9-17-10-13(14)18-15(19)6-8-16/h7,9-12H,2-6,8H2,1H3. The third kappa shape index (κ3) is 2.68. The van der Waals surface area contributed by atoms with Gasteiger partial charge in [0, 0.05) is 29.8 Å². The number of halogens is 1. The molecule has 0 bridgehead atoms. The minimum Gasteiger partial charge on any atom is -0.325 e. The molecule has 0 amide bonds. The first kappa shape index (κ1) is 14.2. The summed E-state index contributed by atoms with van der Waals surface area (Å²) in [6, 6.07) is 2.66. The maximum atomic E-state index is 5.95. The predicted molar refractivity (Wildman–Crippen MR) is 86.8 cm³/mol. The van der Waals surface area contributed by atoms with Gasteiger partial charge in [-0.25, -0.2) is 4.98 Å². The Labute approximate surface area is 129 Å². The lowest BCUT2D eigenvalue weighted by Crippen LogP contribution is -2.21. The van der Waals surface area contributed by atoms with Crippen LogP contribution in [0.1, 0.15) is 37.5 Å². The molecule has 1 aliphatic rings. The van der Waals surface area contributed by atoms with Gasteiger partial charge < -0.3 is 4.57 Å².